The number of ether oxygens (including phenoxy) is 1. The maximum atomic E-state index is 12.3. The molecule has 1 aliphatic heterocycles. The Morgan fingerprint density at radius 3 is 2.32 bits per heavy atom. The molecule has 3 amide bonds. The zero-order chi connectivity index (χ0) is 15.9. The second kappa shape index (κ2) is 8.36. The predicted octanol–water partition coefficient (Wildman–Crippen LogP) is 1.77. The van der Waals surface area contributed by atoms with Crippen molar-refractivity contribution in [1.29, 1.82) is 0 Å². The van der Waals surface area contributed by atoms with Crippen LogP contribution in [0, 0.1) is 0 Å². The molecule has 3 N–H and O–H groups in total. The number of nitrogens with one attached hydrogen (secondary N) is 1. The number of nitrogens with two attached hydrogens (primary N) is 1. The van der Waals surface area contributed by atoms with Crippen LogP contribution in [0.15, 0.2) is 0 Å². The van der Waals surface area contributed by atoms with Gasteiger partial charge in [-0.2, -0.15) is 0 Å². The first kappa shape index (κ1) is 17.1. The minimum Gasteiger partial charge on any atom is -0.367 e. The summed E-state index contributed by atoms with van der Waals surface area (Å²) in [5.74, 6) is -0.416. The van der Waals surface area contributed by atoms with Crippen LogP contribution in [0.3, 0.4) is 0 Å². The fourth-order valence-corrected chi connectivity index (χ4v) is 3.38. The zero-order valence-electron chi connectivity index (χ0n) is 13.6. The Bertz CT molecular complexity index is 381. The van der Waals surface area contributed by atoms with Crippen molar-refractivity contribution in [3.8, 4) is 0 Å². The summed E-state index contributed by atoms with van der Waals surface area (Å²) in [6.45, 7) is 0.444. The molecule has 0 bridgehead atoms. The molecule has 2 fully saturated rings. The first-order chi connectivity index (χ1) is 10.6. The van der Waals surface area contributed by atoms with E-state index in [2.05, 4.69) is 5.32 Å². The van der Waals surface area contributed by atoms with Gasteiger partial charge in [-0.15, -0.1) is 0 Å². The Labute approximate surface area is 132 Å². The molecule has 1 saturated carbocycles. The molecule has 1 saturated heterocycles. The lowest BCUT2D eigenvalue weighted by atomic mass is 9.96. The van der Waals surface area contributed by atoms with Gasteiger partial charge in [0.15, 0.2) is 0 Å². The number of primary amides is 1. The third kappa shape index (κ3) is 4.87. The molecule has 2 atom stereocenters. The summed E-state index contributed by atoms with van der Waals surface area (Å²) in [6.07, 6.45) is 9.27. The zero-order valence-corrected chi connectivity index (χ0v) is 13.6. The summed E-state index contributed by atoms with van der Waals surface area (Å²) < 4.78 is 5.53. The van der Waals surface area contributed by atoms with Crippen molar-refractivity contribution in [2.75, 3.05) is 13.6 Å². The SMILES string of the molecule is CN(C(=O)NCC1CCC(C(N)=O)O1)C1CCCCCCC1. The smallest absolute Gasteiger partial charge is 0.317 e. The minimum absolute atomic E-state index is 0.0447. The van der Waals surface area contributed by atoms with Gasteiger partial charge < -0.3 is 20.7 Å². The van der Waals surface area contributed by atoms with Crippen LogP contribution >= 0.6 is 0 Å². The predicted molar refractivity (Wildman–Crippen MR) is 84.4 cm³/mol. The van der Waals surface area contributed by atoms with Crippen molar-refractivity contribution in [2.24, 2.45) is 5.73 Å². The molecule has 2 aliphatic rings. The summed E-state index contributed by atoms with van der Waals surface area (Å²) in [4.78, 5) is 25.2. The number of nitrogens with zero attached hydrogens (tertiary/aromatic N) is 1. The van der Waals surface area contributed by atoms with E-state index in [4.69, 9.17) is 10.5 Å². The lowest BCUT2D eigenvalue weighted by Crippen LogP contribution is -2.46. The minimum atomic E-state index is -0.495. The van der Waals surface area contributed by atoms with Crippen LogP contribution in [0.5, 0.6) is 0 Å². The molecule has 126 valence electrons. The number of urea groups is 1. The Morgan fingerprint density at radius 2 is 1.73 bits per heavy atom. The van der Waals surface area contributed by atoms with Gasteiger partial charge in [-0.3, -0.25) is 4.79 Å². The third-order valence-corrected chi connectivity index (χ3v) is 4.85. The Hall–Kier alpha value is -1.30. The molecule has 1 heterocycles. The van der Waals surface area contributed by atoms with Gasteiger partial charge in [0.05, 0.1) is 6.10 Å². The Balaban J connectivity index is 1.73. The molecule has 0 aromatic rings. The number of hydrogen-bond donors (Lipinski definition) is 2. The number of carbonyl (C=O) groups excluding carboxylic acids is 2. The normalized spacial score (nSPS) is 27.0. The van der Waals surface area contributed by atoms with Gasteiger partial charge in [-0.25, -0.2) is 4.79 Å². The number of hydrogen-bond acceptors (Lipinski definition) is 3. The summed E-state index contributed by atoms with van der Waals surface area (Å²) in [5, 5.41) is 2.93. The van der Waals surface area contributed by atoms with Crippen LogP contribution in [0.25, 0.3) is 0 Å². The first-order valence-corrected chi connectivity index (χ1v) is 8.53. The number of carbonyl (C=O) groups is 2. The highest BCUT2D eigenvalue weighted by Crippen LogP contribution is 2.21. The van der Waals surface area contributed by atoms with Crippen LogP contribution < -0.4 is 11.1 Å². The molecule has 0 spiro atoms. The average molecular weight is 311 g/mol. The van der Waals surface area contributed by atoms with E-state index in [1.807, 2.05) is 11.9 Å². The maximum absolute atomic E-state index is 12.3. The van der Waals surface area contributed by atoms with E-state index in [0.717, 1.165) is 19.3 Å². The second-order valence-corrected chi connectivity index (χ2v) is 6.52. The van der Waals surface area contributed by atoms with Gasteiger partial charge >= 0.3 is 6.03 Å². The molecule has 0 aromatic heterocycles. The van der Waals surface area contributed by atoms with Gasteiger partial charge in [-0.1, -0.05) is 32.1 Å². The van der Waals surface area contributed by atoms with Gasteiger partial charge in [0, 0.05) is 19.6 Å². The van der Waals surface area contributed by atoms with Crippen molar-refractivity contribution in [3.05, 3.63) is 0 Å². The van der Waals surface area contributed by atoms with Crippen LogP contribution in [0.4, 0.5) is 4.79 Å². The highest BCUT2D eigenvalue weighted by molar-refractivity contribution is 5.79. The van der Waals surface area contributed by atoms with E-state index in [1.165, 1.54) is 32.1 Å². The van der Waals surface area contributed by atoms with Crippen LogP contribution in [-0.2, 0) is 9.53 Å². The lowest BCUT2D eigenvalue weighted by molar-refractivity contribution is -0.128. The highest BCUT2D eigenvalue weighted by Gasteiger charge is 2.29. The molecule has 1 aliphatic carbocycles. The van der Waals surface area contributed by atoms with Gasteiger partial charge in [0.25, 0.3) is 0 Å². The van der Waals surface area contributed by atoms with E-state index in [9.17, 15) is 9.59 Å². The molecule has 6 nitrogen and oxygen atoms in total. The Morgan fingerprint density at radius 1 is 1.09 bits per heavy atom. The van der Waals surface area contributed by atoms with Gasteiger partial charge in [-0.05, 0) is 25.7 Å². The van der Waals surface area contributed by atoms with E-state index in [1.54, 1.807) is 0 Å². The topological polar surface area (TPSA) is 84.7 Å². The average Bonchev–Trinajstić information content (AvgIpc) is 2.93. The summed E-state index contributed by atoms with van der Waals surface area (Å²) in [5.41, 5.74) is 5.23. The van der Waals surface area contributed by atoms with E-state index in [-0.39, 0.29) is 12.1 Å². The van der Waals surface area contributed by atoms with Crippen molar-refractivity contribution < 1.29 is 14.3 Å². The summed E-state index contributed by atoms with van der Waals surface area (Å²) in [7, 11) is 1.88. The fourth-order valence-electron chi connectivity index (χ4n) is 3.38. The summed E-state index contributed by atoms with van der Waals surface area (Å²) in [6, 6.07) is 0.292. The van der Waals surface area contributed by atoms with E-state index in [0.29, 0.717) is 19.0 Å². The molecule has 0 aromatic carbocycles. The lowest BCUT2D eigenvalue weighted by Gasteiger charge is -2.30. The molecule has 22 heavy (non-hydrogen) atoms. The Kier molecular flexibility index (Phi) is 6.49. The molecule has 6 heteroatoms. The van der Waals surface area contributed by atoms with Crippen molar-refractivity contribution in [3.63, 3.8) is 0 Å². The van der Waals surface area contributed by atoms with Crippen LogP contribution in [0.2, 0.25) is 0 Å². The highest BCUT2D eigenvalue weighted by atomic mass is 16.5. The maximum Gasteiger partial charge on any atom is 0.317 e. The molecular formula is C16H29N3O3. The van der Waals surface area contributed by atoms with E-state index < -0.39 is 12.0 Å². The van der Waals surface area contributed by atoms with Gasteiger partial charge in [0.2, 0.25) is 5.91 Å². The first-order valence-electron chi connectivity index (χ1n) is 8.53. The third-order valence-electron chi connectivity index (χ3n) is 4.85. The standard InChI is InChI=1S/C16H29N3O3/c1-19(12-7-5-3-2-4-6-8-12)16(21)18-11-13-9-10-14(22-13)15(17)20/h12-14H,2-11H2,1H3,(H2,17,20)(H,18,21). The fraction of sp³-hybridized carbons (Fsp3) is 0.875. The second-order valence-electron chi connectivity index (χ2n) is 6.52. The van der Waals surface area contributed by atoms with Crippen LogP contribution in [0.1, 0.15) is 57.8 Å². The van der Waals surface area contributed by atoms with Crippen molar-refractivity contribution >= 4 is 11.9 Å². The largest absolute Gasteiger partial charge is 0.367 e. The molecule has 2 rings (SSSR count). The monoisotopic (exact) mass is 311 g/mol. The molecular weight excluding hydrogens is 282 g/mol. The number of rotatable bonds is 4. The summed E-state index contributed by atoms with van der Waals surface area (Å²) >= 11 is 0. The quantitative estimate of drug-likeness (QED) is 0.830. The van der Waals surface area contributed by atoms with Gasteiger partial charge in [0.1, 0.15) is 6.10 Å². The van der Waals surface area contributed by atoms with Crippen LogP contribution in [-0.4, -0.2) is 48.7 Å². The number of amides is 3. The molecule has 0 radical (unpaired) electrons. The van der Waals surface area contributed by atoms with Crippen molar-refractivity contribution in [2.45, 2.75) is 76.0 Å². The molecule has 2 unspecified atom stereocenters. The van der Waals surface area contributed by atoms with E-state index >= 15 is 0 Å². The van der Waals surface area contributed by atoms with Crippen molar-refractivity contribution in [1.82, 2.24) is 10.2 Å².